The Hall–Kier alpha value is -3.78. The van der Waals surface area contributed by atoms with Crippen molar-refractivity contribution in [3.8, 4) is 11.1 Å². The first-order valence-corrected chi connectivity index (χ1v) is 16.7. The number of aryl methyl sites for hydroxylation is 1. The van der Waals surface area contributed by atoms with Gasteiger partial charge in [-0.3, -0.25) is 19.5 Å². The predicted octanol–water partition coefficient (Wildman–Crippen LogP) is 7.93. The minimum absolute atomic E-state index is 0.126. The van der Waals surface area contributed by atoms with E-state index in [1.54, 1.807) is 0 Å². The molecule has 0 atom stereocenters. The highest BCUT2D eigenvalue weighted by molar-refractivity contribution is 5.72. The number of rotatable bonds is 13. The number of benzene rings is 1. The summed E-state index contributed by atoms with van der Waals surface area (Å²) in [5.74, 6) is 1.12. The molecule has 1 saturated heterocycles. The second kappa shape index (κ2) is 16.2. The summed E-state index contributed by atoms with van der Waals surface area (Å²) in [6.07, 6.45) is 11.1. The zero-order chi connectivity index (χ0) is 33.2. The van der Waals surface area contributed by atoms with Gasteiger partial charge in [0.15, 0.2) is 0 Å². The minimum Gasteiger partial charge on any atom is -0.460 e. The van der Waals surface area contributed by atoms with E-state index in [9.17, 15) is 9.59 Å². The number of hydrogen-bond acceptors (Lipinski definition) is 8. The van der Waals surface area contributed by atoms with Gasteiger partial charge in [0.2, 0.25) is 0 Å². The van der Waals surface area contributed by atoms with E-state index in [-0.39, 0.29) is 11.9 Å². The smallest absolute Gasteiger partial charge is 0.320 e. The van der Waals surface area contributed by atoms with Crippen molar-refractivity contribution in [1.82, 2.24) is 14.9 Å². The lowest BCUT2D eigenvalue weighted by atomic mass is 9.90. The Morgan fingerprint density at radius 3 is 2.28 bits per heavy atom. The fourth-order valence-electron chi connectivity index (χ4n) is 5.73. The molecule has 248 valence electrons. The van der Waals surface area contributed by atoms with E-state index < -0.39 is 11.2 Å². The zero-order valence-corrected chi connectivity index (χ0v) is 28.6. The lowest BCUT2D eigenvalue weighted by Gasteiger charge is -2.32. The summed E-state index contributed by atoms with van der Waals surface area (Å²) in [5, 5.41) is 3.49. The van der Waals surface area contributed by atoms with Gasteiger partial charge in [-0.15, -0.1) is 0 Å². The van der Waals surface area contributed by atoms with Gasteiger partial charge in [-0.2, -0.15) is 0 Å². The maximum Gasteiger partial charge on any atom is 0.320 e. The highest BCUT2D eigenvalue weighted by Gasteiger charge is 2.24. The van der Waals surface area contributed by atoms with Gasteiger partial charge in [-0.25, -0.2) is 4.98 Å². The highest BCUT2D eigenvalue weighted by atomic mass is 16.6. The number of unbranched alkanes of at least 4 members (excludes halogenated alkanes) is 2. The average Bonchev–Trinajstić information content (AvgIpc) is 2.97. The summed E-state index contributed by atoms with van der Waals surface area (Å²) in [4.78, 5) is 35.6. The number of carbonyl (C=O) groups is 2. The van der Waals surface area contributed by atoms with Gasteiger partial charge in [-0.05, 0) is 141 Å². The number of aromatic nitrogens is 2. The largest absolute Gasteiger partial charge is 0.460 e. The number of anilines is 2. The SMILES string of the molecule is CC(C)(C)OC(=O)CCCCCc1ccc(-c2ccnc(Nc3cccc(CC4CCN(CC(=O)OC(C)(C)C)CC4)c3)c2)cn1. The van der Waals surface area contributed by atoms with Crippen molar-refractivity contribution >= 4 is 23.4 Å². The van der Waals surface area contributed by atoms with Crippen LogP contribution in [-0.4, -0.2) is 57.6 Å². The third kappa shape index (κ3) is 12.5. The number of piperidine rings is 1. The Morgan fingerprint density at radius 2 is 1.59 bits per heavy atom. The topological polar surface area (TPSA) is 93.7 Å². The Kier molecular flexibility index (Phi) is 12.3. The molecule has 2 aromatic heterocycles. The first-order chi connectivity index (χ1) is 21.8. The number of esters is 2. The molecule has 0 amide bonds. The fraction of sp³-hybridized carbons (Fsp3) is 0.526. The minimum atomic E-state index is -0.442. The molecule has 1 aromatic carbocycles. The van der Waals surface area contributed by atoms with Crippen molar-refractivity contribution in [3.05, 3.63) is 72.2 Å². The number of hydrogen-bond donors (Lipinski definition) is 1. The standard InChI is InChI=1S/C38H52N4O4/c1-37(2,3)45-35(43)14-9-7-8-12-32-16-15-31(26-40-32)30-17-20-39-34(25-30)41-33-13-10-11-29(24-33)23-28-18-21-42(22-19-28)27-36(44)46-38(4,5)6/h10-11,13,15-17,20,24-26,28H,7-9,12,14,18-19,21-23,27H2,1-6H3,(H,39,41). The first kappa shape index (κ1) is 35.1. The van der Waals surface area contributed by atoms with E-state index in [1.807, 2.05) is 60.0 Å². The van der Waals surface area contributed by atoms with Crippen LogP contribution in [0, 0.1) is 5.92 Å². The van der Waals surface area contributed by atoms with Crippen molar-refractivity contribution in [2.75, 3.05) is 25.0 Å². The molecule has 1 fully saturated rings. The van der Waals surface area contributed by atoms with Crippen LogP contribution in [0.15, 0.2) is 60.9 Å². The van der Waals surface area contributed by atoms with Crippen molar-refractivity contribution in [1.29, 1.82) is 0 Å². The monoisotopic (exact) mass is 628 g/mol. The summed E-state index contributed by atoms with van der Waals surface area (Å²) in [5.41, 5.74) is 4.61. The molecule has 8 nitrogen and oxygen atoms in total. The molecule has 0 bridgehead atoms. The maximum atomic E-state index is 12.2. The quantitative estimate of drug-likeness (QED) is 0.151. The molecule has 4 rings (SSSR count). The third-order valence-corrected chi connectivity index (χ3v) is 7.86. The highest BCUT2D eigenvalue weighted by Crippen LogP contribution is 2.26. The lowest BCUT2D eigenvalue weighted by Crippen LogP contribution is -2.40. The van der Waals surface area contributed by atoms with Crippen LogP contribution < -0.4 is 5.32 Å². The fourth-order valence-corrected chi connectivity index (χ4v) is 5.73. The predicted molar refractivity (Wildman–Crippen MR) is 184 cm³/mol. The van der Waals surface area contributed by atoms with Crippen LogP contribution in [-0.2, 0) is 31.9 Å². The van der Waals surface area contributed by atoms with Crippen LogP contribution in [0.5, 0.6) is 0 Å². The number of likely N-dealkylation sites (tertiary alicyclic amines) is 1. The Morgan fingerprint density at radius 1 is 0.848 bits per heavy atom. The van der Waals surface area contributed by atoms with Crippen LogP contribution in [0.3, 0.4) is 0 Å². The second-order valence-corrected chi connectivity index (χ2v) is 14.5. The number of carbonyl (C=O) groups excluding carboxylic acids is 2. The summed E-state index contributed by atoms with van der Waals surface area (Å²) in [7, 11) is 0. The Balaban J connectivity index is 1.23. The van der Waals surface area contributed by atoms with Gasteiger partial charge < -0.3 is 14.8 Å². The zero-order valence-electron chi connectivity index (χ0n) is 28.6. The molecule has 1 N–H and O–H groups in total. The van der Waals surface area contributed by atoms with Crippen molar-refractivity contribution in [2.24, 2.45) is 5.92 Å². The first-order valence-electron chi connectivity index (χ1n) is 16.7. The molecule has 46 heavy (non-hydrogen) atoms. The van der Waals surface area contributed by atoms with Crippen LogP contribution in [0.4, 0.5) is 11.5 Å². The molecule has 1 aliphatic heterocycles. The second-order valence-electron chi connectivity index (χ2n) is 14.5. The molecule has 3 aromatic rings. The lowest BCUT2D eigenvalue weighted by molar-refractivity contribution is -0.157. The van der Waals surface area contributed by atoms with Gasteiger partial charge >= 0.3 is 11.9 Å². The summed E-state index contributed by atoms with van der Waals surface area (Å²) >= 11 is 0. The molecular formula is C38H52N4O4. The van der Waals surface area contributed by atoms with Gasteiger partial charge in [0.25, 0.3) is 0 Å². The summed E-state index contributed by atoms with van der Waals surface area (Å²) in [6.45, 7) is 13.6. The van der Waals surface area contributed by atoms with Gasteiger partial charge in [-0.1, -0.05) is 24.6 Å². The normalized spacial score (nSPS) is 14.6. The summed E-state index contributed by atoms with van der Waals surface area (Å²) in [6, 6.07) is 16.8. The molecule has 1 aliphatic rings. The molecule has 0 unspecified atom stereocenters. The Labute approximate surface area is 275 Å². The third-order valence-electron chi connectivity index (χ3n) is 7.86. The van der Waals surface area contributed by atoms with E-state index >= 15 is 0 Å². The van der Waals surface area contributed by atoms with Gasteiger partial charge in [0.05, 0.1) is 6.54 Å². The number of nitrogens with zero attached hydrogens (tertiary/aromatic N) is 3. The molecular weight excluding hydrogens is 576 g/mol. The van der Waals surface area contributed by atoms with Crippen LogP contribution in [0.2, 0.25) is 0 Å². The van der Waals surface area contributed by atoms with E-state index in [1.165, 1.54) is 5.56 Å². The molecule has 8 heteroatoms. The maximum absolute atomic E-state index is 12.2. The van der Waals surface area contributed by atoms with Crippen LogP contribution in [0.1, 0.15) is 91.3 Å². The van der Waals surface area contributed by atoms with E-state index in [0.717, 1.165) is 86.4 Å². The van der Waals surface area contributed by atoms with Crippen molar-refractivity contribution in [3.63, 3.8) is 0 Å². The molecule has 0 saturated carbocycles. The van der Waals surface area contributed by atoms with Crippen molar-refractivity contribution < 1.29 is 19.1 Å². The van der Waals surface area contributed by atoms with E-state index in [0.29, 0.717) is 18.9 Å². The Bertz CT molecular complexity index is 1420. The number of ether oxygens (including phenoxy) is 2. The molecule has 0 spiro atoms. The van der Waals surface area contributed by atoms with Gasteiger partial charge in [0.1, 0.15) is 17.0 Å². The number of nitrogens with one attached hydrogen (secondary N) is 1. The average molecular weight is 629 g/mol. The van der Waals surface area contributed by atoms with Crippen molar-refractivity contribution in [2.45, 2.75) is 104 Å². The van der Waals surface area contributed by atoms with E-state index in [4.69, 9.17) is 14.5 Å². The van der Waals surface area contributed by atoms with Gasteiger partial charge in [0, 0.05) is 35.8 Å². The van der Waals surface area contributed by atoms with E-state index in [2.05, 4.69) is 57.7 Å². The molecule has 0 aliphatic carbocycles. The summed E-state index contributed by atoms with van der Waals surface area (Å²) < 4.78 is 10.9. The number of pyridine rings is 2. The molecule has 0 radical (unpaired) electrons. The van der Waals surface area contributed by atoms with Crippen LogP contribution >= 0.6 is 0 Å². The molecule has 3 heterocycles. The van der Waals surface area contributed by atoms with Crippen LogP contribution in [0.25, 0.3) is 11.1 Å².